The van der Waals surface area contributed by atoms with Gasteiger partial charge in [-0.1, -0.05) is 17.7 Å². The number of allylic oxidation sites excluding steroid dienone is 1. The van der Waals surface area contributed by atoms with Gasteiger partial charge in [0.15, 0.2) is 5.76 Å². The van der Waals surface area contributed by atoms with Gasteiger partial charge in [0.25, 0.3) is 5.69 Å². The minimum atomic E-state index is -0.603. The van der Waals surface area contributed by atoms with Crippen molar-refractivity contribution < 1.29 is 19.6 Å². The van der Waals surface area contributed by atoms with Crippen LogP contribution in [0, 0.1) is 10.1 Å². The predicted molar refractivity (Wildman–Crippen MR) is 79.1 cm³/mol. The number of nitro benzene ring substituents is 1. The molecule has 2 aromatic rings. The van der Waals surface area contributed by atoms with E-state index in [-0.39, 0.29) is 33.8 Å². The molecule has 1 N–H and O–H groups in total. The van der Waals surface area contributed by atoms with E-state index in [1.165, 1.54) is 36.4 Å². The highest BCUT2D eigenvalue weighted by Gasteiger charge is 2.27. The number of aromatic hydroxyl groups is 1. The van der Waals surface area contributed by atoms with Crippen LogP contribution in [0.3, 0.4) is 0 Å². The minimum absolute atomic E-state index is 0.0130. The molecular formula is C15H8ClNO5. The molecule has 0 amide bonds. The van der Waals surface area contributed by atoms with E-state index in [1.54, 1.807) is 6.07 Å². The van der Waals surface area contributed by atoms with Crippen molar-refractivity contribution in [1.29, 1.82) is 0 Å². The lowest BCUT2D eigenvalue weighted by Gasteiger charge is -2.00. The first kappa shape index (κ1) is 14.1. The van der Waals surface area contributed by atoms with Crippen molar-refractivity contribution in [1.82, 2.24) is 0 Å². The first-order chi connectivity index (χ1) is 10.5. The summed E-state index contributed by atoms with van der Waals surface area (Å²) in [6, 6.07) is 8.35. The lowest BCUT2D eigenvalue weighted by Crippen LogP contribution is -1.98. The fourth-order valence-corrected chi connectivity index (χ4v) is 2.27. The molecule has 110 valence electrons. The van der Waals surface area contributed by atoms with Crippen LogP contribution in [-0.4, -0.2) is 15.8 Å². The standard InChI is InChI=1S/C15H8ClNO5/c16-11-4-1-8(5-12(11)17(20)21)6-14-15(19)10-3-2-9(18)7-13(10)22-14/h1-7,18H/b14-6+. The monoisotopic (exact) mass is 317 g/mol. The normalized spacial score (nSPS) is 14.8. The zero-order valence-corrected chi connectivity index (χ0v) is 11.7. The van der Waals surface area contributed by atoms with E-state index < -0.39 is 4.92 Å². The summed E-state index contributed by atoms with van der Waals surface area (Å²) in [4.78, 5) is 22.4. The highest BCUT2D eigenvalue weighted by Crippen LogP contribution is 2.35. The maximum Gasteiger partial charge on any atom is 0.288 e. The van der Waals surface area contributed by atoms with Gasteiger partial charge in [0.1, 0.15) is 16.5 Å². The molecule has 7 heteroatoms. The zero-order valence-electron chi connectivity index (χ0n) is 10.9. The van der Waals surface area contributed by atoms with Gasteiger partial charge in [0, 0.05) is 12.1 Å². The van der Waals surface area contributed by atoms with Crippen LogP contribution >= 0.6 is 11.6 Å². The number of benzene rings is 2. The average Bonchev–Trinajstić information content (AvgIpc) is 2.76. The first-order valence-corrected chi connectivity index (χ1v) is 6.55. The summed E-state index contributed by atoms with van der Waals surface area (Å²) in [5.74, 6) is -0.0977. The molecule has 22 heavy (non-hydrogen) atoms. The molecule has 3 rings (SSSR count). The number of ether oxygens (including phenoxy) is 1. The molecule has 6 nitrogen and oxygen atoms in total. The van der Waals surface area contributed by atoms with E-state index in [2.05, 4.69) is 0 Å². The summed E-state index contributed by atoms with van der Waals surface area (Å²) >= 11 is 5.74. The van der Waals surface area contributed by atoms with Crippen LogP contribution in [0.25, 0.3) is 6.08 Å². The van der Waals surface area contributed by atoms with Gasteiger partial charge in [0.2, 0.25) is 5.78 Å². The Bertz CT molecular complexity index is 844. The highest BCUT2D eigenvalue weighted by atomic mass is 35.5. The lowest BCUT2D eigenvalue weighted by atomic mass is 10.1. The van der Waals surface area contributed by atoms with Gasteiger partial charge < -0.3 is 9.84 Å². The van der Waals surface area contributed by atoms with Crippen molar-refractivity contribution >= 4 is 29.1 Å². The molecule has 0 atom stereocenters. The SMILES string of the molecule is O=C1/C(=C\c2ccc(Cl)c([N+](=O)[O-])c2)Oc2cc(O)ccc21. The Morgan fingerprint density at radius 3 is 2.73 bits per heavy atom. The summed E-state index contributed by atoms with van der Waals surface area (Å²) in [5.41, 5.74) is 0.487. The topological polar surface area (TPSA) is 89.7 Å². The Hall–Kier alpha value is -2.86. The molecule has 0 radical (unpaired) electrons. The number of phenolic OH excluding ortho intramolecular Hbond substituents is 1. The quantitative estimate of drug-likeness (QED) is 0.519. The van der Waals surface area contributed by atoms with Gasteiger partial charge in [-0.2, -0.15) is 0 Å². The Balaban J connectivity index is 1.99. The second kappa shape index (κ2) is 5.16. The van der Waals surface area contributed by atoms with Crippen LogP contribution in [0.2, 0.25) is 5.02 Å². The maximum atomic E-state index is 12.2. The minimum Gasteiger partial charge on any atom is -0.508 e. The van der Waals surface area contributed by atoms with Crippen molar-refractivity contribution in [2.24, 2.45) is 0 Å². The number of carbonyl (C=O) groups excluding carboxylic acids is 1. The molecule has 1 aliphatic heterocycles. The van der Waals surface area contributed by atoms with Gasteiger partial charge in [-0.3, -0.25) is 14.9 Å². The third-order valence-corrected chi connectivity index (χ3v) is 3.44. The van der Waals surface area contributed by atoms with Crippen LogP contribution < -0.4 is 4.74 Å². The van der Waals surface area contributed by atoms with E-state index >= 15 is 0 Å². The molecule has 0 saturated heterocycles. The molecule has 0 aliphatic carbocycles. The number of nitro groups is 1. The number of rotatable bonds is 2. The number of Topliss-reactive ketones (excluding diaryl/α,β-unsaturated/α-hetero) is 1. The van der Waals surface area contributed by atoms with E-state index in [0.29, 0.717) is 11.1 Å². The van der Waals surface area contributed by atoms with Crippen molar-refractivity contribution in [2.45, 2.75) is 0 Å². The van der Waals surface area contributed by atoms with Gasteiger partial charge >= 0.3 is 0 Å². The summed E-state index contributed by atoms with van der Waals surface area (Å²) < 4.78 is 5.38. The van der Waals surface area contributed by atoms with Gasteiger partial charge in [-0.05, 0) is 29.8 Å². The molecule has 0 bridgehead atoms. The number of phenols is 1. The number of carbonyl (C=O) groups is 1. The second-order valence-electron chi connectivity index (χ2n) is 4.59. The Labute approximate surface area is 129 Å². The number of halogens is 1. The maximum absolute atomic E-state index is 12.2. The Morgan fingerprint density at radius 1 is 1.23 bits per heavy atom. The smallest absolute Gasteiger partial charge is 0.288 e. The van der Waals surface area contributed by atoms with Crippen LogP contribution in [-0.2, 0) is 0 Å². The number of fused-ring (bicyclic) bond motifs is 1. The summed E-state index contributed by atoms with van der Waals surface area (Å²) in [6.07, 6.45) is 1.39. The fourth-order valence-electron chi connectivity index (χ4n) is 2.09. The third kappa shape index (κ3) is 2.40. The molecule has 0 saturated carbocycles. The van der Waals surface area contributed by atoms with E-state index in [4.69, 9.17) is 16.3 Å². The molecule has 1 heterocycles. The molecule has 0 unspecified atom stereocenters. The Kier molecular flexibility index (Phi) is 3.30. The summed E-state index contributed by atoms with van der Waals surface area (Å²) in [5, 5.41) is 20.3. The second-order valence-corrected chi connectivity index (χ2v) is 5.00. The van der Waals surface area contributed by atoms with Crippen molar-refractivity contribution in [3.63, 3.8) is 0 Å². The third-order valence-electron chi connectivity index (χ3n) is 3.12. The van der Waals surface area contributed by atoms with Gasteiger partial charge in [-0.15, -0.1) is 0 Å². The predicted octanol–water partition coefficient (Wildman–Crippen LogP) is 3.57. The number of hydrogen-bond acceptors (Lipinski definition) is 5. The molecule has 2 aromatic carbocycles. The molecule has 1 aliphatic rings. The van der Waals surface area contributed by atoms with Crippen molar-refractivity contribution in [3.8, 4) is 11.5 Å². The Morgan fingerprint density at radius 2 is 2.00 bits per heavy atom. The van der Waals surface area contributed by atoms with Gasteiger partial charge in [-0.25, -0.2) is 0 Å². The van der Waals surface area contributed by atoms with Crippen LogP contribution in [0.15, 0.2) is 42.2 Å². The lowest BCUT2D eigenvalue weighted by molar-refractivity contribution is -0.384. The summed E-state index contributed by atoms with van der Waals surface area (Å²) in [6.45, 7) is 0. The molecule has 0 fully saturated rings. The van der Waals surface area contributed by atoms with Crippen LogP contribution in [0.1, 0.15) is 15.9 Å². The first-order valence-electron chi connectivity index (χ1n) is 6.17. The van der Waals surface area contributed by atoms with E-state index in [1.807, 2.05) is 0 Å². The van der Waals surface area contributed by atoms with E-state index in [9.17, 15) is 20.0 Å². The van der Waals surface area contributed by atoms with Crippen molar-refractivity contribution in [2.75, 3.05) is 0 Å². The van der Waals surface area contributed by atoms with Crippen molar-refractivity contribution in [3.05, 3.63) is 68.4 Å². The number of nitrogens with zero attached hydrogens (tertiary/aromatic N) is 1. The van der Waals surface area contributed by atoms with Crippen LogP contribution in [0.5, 0.6) is 11.5 Å². The number of ketones is 1. The fraction of sp³-hybridized carbons (Fsp3) is 0. The molecule has 0 spiro atoms. The zero-order chi connectivity index (χ0) is 15.9. The van der Waals surface area contributed by atoms with Crippen LogP contribution in [0.4, 0.5) is 5.69 Å². The highest BCUT2D eigenvalue weighted by molar-refractivity contribution is 6.32. The van der Waals surface area contributed by atoms with E-state index in [0.717, 1.165) is 0 Å². The summed E-state index contributed by atoms with van der Waals surface area (Å²) in [7, 11) is 0. The largest absolute Gasteiger partial charge is 0.508 e. The average molecular weight is 318 g/mol. The molecule has 0 aromatic heterocycles. The number of hydrogen-bond donors (Lipinski definition) is 1. The molecular weight excluding hydrogens is 310 g/mol. The van der Waals surface area contributed by atoms with Gasteiger partial charge in [0.05, 0.1) is 10.5 Å².